The van der Waals surface area contributed by atoms with E-state index in [1.165, 1.54) is 4.68 Å². The fourth-order valence-corrected chi connectivity index (χ4v) is 0.945. The van der Waals surface area contributed by atoms with E-state index in [9.17, 15) is 22.4 Å². The number of nitrogens with zero attached hydrogens (tertiary/aromatic N) is 2. The molecular weight excluding hydrogens is 216 g/mol. The second-order valence-corrected chi connectivity index (χ2v) is 2.84. The molecule has 15 heavy (non-hydrogen) atoms. The van der Waals surface area contributed by atoms with Crippen molar-refractivity contribution in [3.05, 3.63) is 18.0 Å². The second kappa shape index (κ2) is 4.00. The Hall–Kier alpha value is -1.40. The van der Waals surface area contributed by atoms with E-state index in [4.69, 9.17) is 0 Å². The molecule has 0 N–H and O–H groups in total. The smallest absolute Gasteiger partial charge is 0.287 e. The molecule has 0 saturated heterocycles. The number of aryl methyl sites for hydroxylation is 1. The lowest BCUT2D eigenvalue weighted by atomic mass is 10.1. The van der Waals surface area contributed by atoms with Gasteiger partial charge in [-0.15, -0.1) is 0 Å². The Labute approximate surface area is 82.7 Å². The maximum Gasteiger partial charge on any atom is 0.369 e. The van der Waals surface area contributed by atoms with Gasteiger partial charge >= 0.3 is 12.3 Å². The summed E-state index contributed by atoms with van der Waals surface area (Å²) in [5, 5.41) is 3.55. The minimum absolute atomic E-state index is 0.369. The third-order valence-corrected chi connectivity index (χ3v) is 1.80. The van der Waals surface area contributed by atoms with Gasteiger partial charge in [0.2, 0.25) is 5.78 Å². The molecule has 0 aliphatic rings. The van der Waals surface area contributed by atoms with E-state index in [-0.39, 0.29) is 0 Å². The van der Waals surface area contributed by atoms with Gasteiger partial charge in [-0.05, 0) is 6.92 Å². The number of carbonyl (C=O) groups is 1. The molecule has 0 atom stereocenters. The van der Waals surface area contributed by atoms with Crippen molar-refractivity contribution >= 4 is 5.78 Å². The molecule has 0 aromatic carbocycles. The summed E-state index contributed by atoms with van der Waals surface area (Å²) in [6.07, 6.45) is -2.14. The molecule has 1 heterocycles. The summed E-state index contributed by atoms with van der Waals surface area (Å²) in [5.74, 6) is -6.56. The van der Waals surface area contributed by atoms with Crippen LogP contribution in [0.15, 0.2) is 12.4 Å². The minimum atomic E-state index is -4.65. The lowest BCUT2D eigenvalue weighted by Crippen LogP contribution is -2.36. The van der Waals surface area contributed by atoms with Crippen molar-refractivity contribution in [1.82, 2.24) is 9.78 Å². The van der Waals surface area contributed by atoms with Crippen molar-refractivity contribution in [2.24, 2.45) is 0 Å². The molecule has 0 unspecified atom stereocenters. The van der Waals surface area contributed by atoms with Crippen LogP contribution in [-0.2, 0) is 6.54 Å². The first-order valence-electron chi connectivity index (χ1n) is 4.12. The molecule has 3 nitrogen and oxygen atoms in total. The topological polar surface area (TPSA) is 34.9 Å². The first-order valence-corrected chi connectivity index (χ1v) is 4.12. The number of aromatic nitrogens is 2. The summed E-state index contributed by atoms with van der Waals surface area (Å²) in [5.41, 5.74) is -0.512. The number of ketones is 1. The van der Waals surface area contributed by atoms with Crippen LogP contribution in [0.5, 0.6) is 0 Å². The zero-order chi connectivity index (χ0) is 11.6. The van der Waals surface area contributed by atoms with E-state index in [0.29, 0.717) is 6.54 Å². The van der Waals surface area contributed by atoms with Crippen molar-refractivity contribution in [3.8, 4) is 0 Å². The molecule has 0 aliphatic heterocycles. The molecule has 0 fully saturated rings. The second-order valence-electron chi connectivity index (χ2n) is 2.84. The molecule has 0 spiro atoms. The van der Waals surface area contributed by atoms with E-state index in [1.807, 2.05) is 0 Å². The number of carbonyl (C=O) groups excluding carboxylic acids is 1. The van der Waals surface area contributed by atoms with Crippen LogP contribution in [-0.4, -0.2) is 27.9 Å². The lowest BCUT2D eigenvalue weighted by Gasteiger charge is -2.11. The van der Waals surface area contributed by atoms with E-state index < -0.39 is 23.7 Å². The van der Waals surface area contributed by atoms with Gasteiger partial charge in [-0.1, -0.05) is 0 Å². The Morgan fingerprint density at radius 3 is 2.60 bits per heavy atom. The number of rotatable bonds is 4. The summed E-state index contributed by atoms with van der Waals surface area (Å²) in [6.45, 7) is 2.04. The summed E-state index contributed by atoms with van der Waals surface area (Å²) in [4.78, 5) is 11.0. The molecule has 1 aromatic heterocycles. The van der Waals surface area contributed by atoms with Crippen LogP contribution in [0.4, 0.5) is 17.6 Å². The molecule has 0 aliphatic carbocycles. The van der Waals surface area contributed by atoms with Crippen molar-refractivity contribution in [1.29, 1.82) is 0 Å². The van der Waals surface area contributed by atoms with Crippen molar-refractivity contribution < 1.29 is 22.4 Å². The standard InChI is InChI=1S/C8H8F4N2O/c1-2-14-4-5(3-13-14)6(15)8(11,12)7(9)10/h3-4,7H,2H2,1H3. The molecule has 0 amide bonds. The lowest BCUT2D eigenvalue weighted by molar-refractivity contribution is -0.0958. The van der Waals surface area contributed by atoms with Crippen molar-refractivity contribution in [2.75, 3.05) is 0 Å². The molecule has 1 aromatic rings. The first kappa shape index (κ1) is 11.7. The number of alkyl halides is 4. The third-order valence-electron chi connectivity index (χ3n) is 1.80. The maximum atomic E-state index is 12.6. The van der Waals surface area contributed by atoms with Crippen LogP contribution < -0.4 is 0 Å². The van der Waals surface area contributed by atoms with Crippen LogP contribution in [0.2, 0.25) is 0 Å². The zero-order valence-corrected chi connectivity index (χ0v) is 7.75. The SMILES string of the molecule is CCn1cc(C(=O)C(F)(F)C(F)F)cn1. The molecule has 0 radical (unpaired) electrons. The fraction of sp³-hybridized carbons (Fsp3) is 0.500. The number of Topliss-reactive ketones (excluding diaryl/α,β-unsaturated/α-hetero) is 1. The number of halogens is 4. The van der Waals surface area contributed by atoms with E-state index in [1.54, 1.807) is 6.92 Å². The van der Waals surface area contributed by atoms with Gasteiger partial charge in [-0.25, -0.2) is 8.78 Å². The minimum Gasteiger partial charge on any atom is -0.287 e. The van der Waals surface area contributed by atoms with Gasteiger partial charge in [0.05, 0.1) is 11.8 Å². The summed E-state index contributed by atoms with van der Waals surface area (Å²) < 4.78 is 50.1. The Kier molecular flexibility index (Phi) is 3.11. The normalized spacial score (nSPS) is 12.1. The number of hydrogen-bond acceptors (Lipinski definition) is 2. The number of hydrogen-bond donors (Lipinski definition) is 0. The summed E-state index contributed by atoms with van der Waals surface area (Å²) >= 11 is 0. The average Bonchev–Trinajstić information content (AvgIpc) is 2.64. The van der Waals surface area contributed by atoms with Crippen LogP contribution >= 0.6 is 0 Å². The quantitative estimate of drug-likeness (QED) is 0.579. The molecule has 0 bridgehead atoms. The van der Waals surface area contributed by atoms with Gasteiger partial charge in [0.1, 0.15) is 0 Å². The summed E-state index contributed by atoms with van der Waals surface area (Å²) in [6, 6.07) is 0. The third kappa shape index (κ3) is 2.16. The highest BCUT2D eigenvalue weighted by Gasteiger charge is 2.49. The Balaban J connectivity index is 2.94. The predicted molar refractivity (Wildman–Crippen MR) is 43.2 cm³/mol. The zero-order valence-electron chi connectivity index (χ0n) is 7.75. The van der Waals surface area contributed by atoms with E-state index >= 15 is 0 Å². The van der Waals surface area contributed by atoms with E-state index in [0.717, 1.165) is 12.4 Å². The average molecular weight is 224 g/mol. The fourth-order valence-electron chi connectivity index (χ4n) is 0.945. The van der Waals surface area contributed by atoms with Gasteiger partial charge in [-0.3, -0.25) is 9.48 Å². The van der Waals surface area contributed by atoms with Crippen LogP contribution in [0.25, 0.3) is 0 Å². The molecule has 84 valence electrons. The molecule has 7 heteroatoms. The molecule has 1 rings (SSSR count). The van der Waals surface area contributed by atoms with E-state index in [2.05, 4.69) is 5.10 Å². The van der Waals surface area contributed by atoms with Crippen LogP contribution in [0.3, 0.4) is 0 Å². The summed E-state index contributed by atoms with van der Waals surface area (Å²) in [7, 11) is 0. The Morgan fingerprint density at radius 2 is 2.20 bits per heavy atom. The van der Waals surface area contributed by atoms with Gasteiger partial charge in [-0.2, -0.15) is 13.9 Å². The maximum absolute atomic E-state index is 12.6. The van der Waals surface area contributed by atoms with Gasteiger partial charge in [0.25, 0.3) is 0 Å². The molecule has 0 saturated carbocycles. The first-order chi connectivity index (χ1) is 6.89. The largest absolute Gasteiger partial charge is 0.369 e. The van der Waals surface area contributed by atoms with Gasteiger partial charge < -0.3 is 0 Å². The molecular formula is C8H8F4N2O. The van der Waals surface area contributed by atoms with Crippen LogP contribution in [0.1, 0.15) is 17.3 Å². The van der Waals surface area contributed by atoms with Gasteiger partial charge in [0, 0.05) is 12.7 Å². The predicted octanol–water partition coefficient (Wildman–Crippen LogP) is 1.99. The van der Waals surface area contributed by atoms with Crippen molar-refractivity contribution in [2.45, 2.75) is 25.8 Å². The Bertz CT molecular complexity index is 361. The highest BCUT2D eigenvalue weighted by atomic mass is 19.3. The van der Waals surface area contributed by atoms with Crippen molar-refractivity contribution in [3.63, 3.8) is 0 Å². The highest BCUT2D eigenvalue weighted by Crippen LogP contribution is 2.27. The monoisotopic (exact) mass is 224 g/mol. The van der Waals surface area contributed by atoms with Crippen LogP contribution in [0, 0.1) is 0 Å². The Morgan fingerprint density at radius 1 is 1.60 bits per heavy atom. The van der Waals surface area contributed by atoms with Gasteiger partial charge in [0.15, 0.2) is 0 Å². The highest BCUT2D eigenvalue weighted by molar-refractivity contribution is 6.01.